The lowest BCUT2D eigenvalue weighted by Gasteiger charge is -2.06. The maximum absolute atomic E-state index is 11.8. The molecule has 0 aliphatic rings. The van der Waals surface area contributed by atoms with E-state index < -0.39 is 11.8 Å². The van der Waals surface area contributed by atoms with Crippen molar-refractivity contribution in [3.63, 3.8) is 0 Å². The molecule has 0 bridgehead atoms. The number of nitriles is 1. The summed E-state index contributed by atoms with van der Waals surface area (Å²) in [6.45, 7) is -0.209. The normalized spacial score (nSPS) is 10.2. The number of amides is 2. The van der Waals surface area contributed by atoms with Crippen molar-refractivity contribution in [3.05, 3.63) is 59.7 Å². The number of ether oxygens (including phenoxy) is 1. The summed E-state index contributed by atoms with van der Waals surface area (Å²) < 4.78 is 4.99. The first kappa shape index (κ1) is 18.5. The molecule has 0 fully saturated rings. The fraction of sp³-hybridized carbons (Fsp3) is 0.105. The van der Waals surface area contributed by atoms with Crippen LogP contribution in [0.1, 0.15) is 11.1 Å². The number of aromatic hydroxyl groups is 1. The molecule has 2 amide bonds. The van der Waals surface area contributed by atoms with Gasteiger partial charge in [-0.05, 0) is 42.0 Å². The van der Waals surface area contributed by atoms with Gasteiger partial charge >= 0.3 is 0 Å². The van der Waals surface area contributed by atoms with E-state index >= 15 is 0 Å². The van der Waals surface area contributed by atoms with Crippen LogP contribution in [0, 0.1) is 11.3 Å². The molecule has 0 saturated carbocycles. The summed E-state index contributed by atoms with van der Waals surface area (Å²) in [5.74, 6) is -0.552. The molecule has 0 aromatic heterocycles. The molecule has 7 heteroatoms. The molecule has 0 saturated heterocycles. The van der Waals surface area contributed by atoms with Crippen LogP contribution in [0.4, 0.5) is 5.69 Å². The lowest BCUT2D eigenvalue weighted by molar-refractivity contribution is -0.121. The summed E-state index contributed by atoms with van der Waals surface area (Å²) in [6.07, 6.45) is 2.81. The van der Waals surface area contributed by atoms with Gasteiger partial charge in [0.1, 0.15) is 0 Å². The summed E-state index contributed by atoms with van der Waals surface area (Å²) in [7, 11) is 1.43. The van der Waals surface area contributed by atoms with Crippen LogP contribution in [-0.2, 0) is 9.59 Å². The first-order chi connectivity index (χ1) is 12.5. The van der Waals surface area contributed by atoms with E-state index in [1.807, 2.05) is 6.07 Å². The third-order valence-electron chi connectivity index (χ3n) is 3.33. The first-order valence-corrected chi connectivity index (χ1v) is 7.65. The van der Waals surface area contributed by atoms with E-state index in [4.69, 9.17) is 10.00 Å². The van der Waals surface area contributed by atoms with Crippen molar-refractivity contribution in [3.8, 4) is 17.6 Å². The van der Waals surface area contributed by atoms with Gasteiger partial charge < -0.3 is 20.5 Å². The number of nitrogens with one attached hydrogen (secondary N) is 2. The van der Waals surface area contributed by atoms with E-state index in [1.54, 1.807) is 30.3 Å². The van der Waals surface area contributed by atoms with Crippen molar-refractivity contribution in [2.45, 2.75) is 0 Å². The van der Waals surface area contributed by atoms with E-state index in [0.29, 0.717) is 22.6 Å². The molecule has 0 spiro atoms. The van der Waals surface area contributed by atoms with Crippen LogP contribution in [0.15, 0.2) is 48.5 Å². The summed E-state index contributed by atoms with van der Waals surface area (Å²) in [5.41, 5.74) is 1.57. The van der Waals surface area contributed by atoms with Gasteiger partial charge in [-0.1, -0.05) is 12.1 Å². The number of carbonyl (C=O) groups excluding carboxylic acids is 2. The molecule has 0 atom stereocenters. The molecule has 3 N–H and O–H groups in total. The quantitative estimate of drug-likeness (QED) is 0.690. The summed E-state index contributed by atoms with van der Waals surface area (Å²) >= 11 is 0. The van der Waals surface area contributed by atoms with Crippen LogP contribution in [0.2, 0.25) is 0 Å². The number of carbonyl (C=O) groups is 2. The zero-order chi connectivity index (χ0) is 18.9. The first-order valence-electron chi connectivity index (χ1n) is 7.65. The van der Waals surface area contributed by atoms with E-state index in [2.05, 4.69) is 10.6 Å². The number of hydrogen-bond donors (Lipinski definition) is 3. The third kappa shape index (κ3) is 5.39. The molecular weight excluding hydrogens is 334 g/mol. The number of hydrogen-bond acceptors (Lipinski definition) is 5. The Labute approximate surface area is 150 Å². The highest BCUT2D eigenvalue weighted by atomic mass is 16.5. The predicted molar refractivity (Wildman–Crippen MR) is 96.5 cm³/mol. The minimum atomic E-state index is -0.446. The standard InChI is InChI=1S/C19H17N3O4/c1-26-17-10-13(5-7-16(17)23)6-8-18(24)21-12-19(25)22-15-4-2-3-14(9-15)11-20/h2-10,23H,12H2,1H3,(H,21,24)(H,22,25)/b8-6+. The van der Waals surface area contributed by atoms with Crippen molar-refractivity contribution in [1.82, 2.24) is 5.32 Å². The van der Waals surface area contributed by atoms with Crippen LogP contribution >= 0.6 is 0 Å². The van der Waals surface area contributed by atoms with Crippen LogP contribution in [0.3, 0.4) is 0 Å². The molecule has 2 rings (SSSR count). The average molecular weight is 351 g/mol. The van der Waals surface area contributed by atoms with Crippen molar-refractivity contribution in [2.75, 3.05) is 19.0 Å². The molecule has 132 valence electrons. The highest BCUT2D eigenvalue weighted by Crippen LogP contribution is 2.26. The minimum Gasteiger partial charge on any atom is -0.504 e. The number of anilines is 1. The molecule has 0 heterocycles. The molecule has 26 heavy (non-hydrogen) atoms. The zero-order valence-electron chi connectivity index (χ0n) is 14.0. The van der Waals surface area contributed by atoms with Crippen molar-refractivity contribution in [2.24, 2.45) is 0 Å². The molecule has 0 aliphatic carbocycles. The number of phenolic OH excluding ortho intramolecular Hbond substituents is 1. The van der Waals surface area contributed by atoms with Gasteiger partial charge in [0.15, 0.2) is 11.5 Å². The molecule has 7 nitrogen and oxygen atoms in total. The van der Waals surface area contributed by atoms with Gasteiger partial charge in [0, 0.05) is 11.8 Å². The van der Waals surface area contributed by atoms with E-state index in [0.717, 1.165) is 0 Å². The maximum Gasteiger partial charge on any atom is 0.244 e. The summed E-state index contributed by atoms with van der Waals surface area (Å²) in [4.78, 5) is 23.6. The van der Waals surface area contributed by atoms with Gasteiger partial charge in [-0.3, -0.25) is 9.59 Å². The number of benzene rings is 2. The summed E-state index contributed by atoms with van der Waals surface area (Å²) in [6, 6.07) is 13.1. The monoisotopic (exact) mass is 351 g/mol. The second kappa shape index (κ2) is 8.89. The molecule has 0 unspecified atom stereocenters. The van der Waals surface area contributed by atoms with Crippen molar-refractivity contribution >= 4 is 23.6 Å². The molecule has 2 aromatic carbocycles. The number of phenols is 1. The van der Waals surface area contributed by atoms with Crippen molar-refractivity contribution in [1.29, 1.82) is 5.26 Å². The Morgan fingerprint density at radius 3 is 2.81 bits per heavy atom. The van der Waals surface area contributed by atoms with Crippen LogP contribution < -0.4 is 15.4 Å². The van der Waals surface area contributed by atoms with Gasteiger partial charge in [0.05, 0.1) is 25.3 Å². The smallest absolute Gasteiger partial charge is 0.244 e. The molecule has 2 aromatic rings. The maximum atomic E-state index is 11.8. The highest BCUT2D eigenvalue weighted by Gasteiger charge is 2.05. The predicted octanol–water partition coefficient (Wildman–Crippen LogP) is 2.04. The molecule has 0 radical (unpaired) electrons. The minimum absolute atomic E-state index is 0.00578. The Bertz CT molecular complexity index is 885. The molecular formula is C19H17N3O4. The van der Waals surface area contributed by atoms with Crippen LogP contribution in [0.5, 0.6) is 11.5 Å². The second-order valence-corrected chi connectivity index (χ2v) is 5.22. The van der Waals surface area contributed by atoms with E-state index in [-0.39, 0.29) is 12.3 Å². The Hall–Kier alpha value is -3.79. The lowest BCUT2D eigenvalue weighted by Crippen LogP contribution is -2.31. The SMILES string of the molecule is COc1cc(/C=C/C(=O)NCC(=O)Nc2cccc(C#N)c2)ccc1O. The Balaban J connectivity index is 1.86. The van der Waals surface area contributed by atoms with Gasteiger partial charge in [-0.2, -0.15) is 5.26 Å². The largest absolute Gasteiger partial charge is 0.504 e. The van der Waals surface area contributed by atoms with Gasteiger partial charge in [0.2, 0.25) is 11.8 Å². The fourth-order valence-electron chi connectivity index (χ4n) is 2.07. The molecule has 0 aliphatic heterocycles. The van der Waals surface area contributed by atoms with Crippen molar-refractivity contribution < 1.29 is 19.4 Å². The average Bonchev–Trinajstić information content (AvgIpc) is 2.65. The summed E-state index contributed by atoms with van der Waals surface area (Å²) in [5, 5.41) is 23.4. The van der Waals surface area contributed by atoms with Gasteiger partial charge in [0.25, 0.3) is 0 Å². The van der Waals surface area contributed by atoms with Gasteiger partial charge in [-0.15, -0.1) is 0 Å². The second-order valence-electron chi connectivity index (χ2n) is 5.22. The third-order valence-corrected chi connectivity index (χ3v) is 3.33. The van der Waals surface area contributed by atoms with Crippen LogP contribution in [-0.4, -0.2) is 30.6 Å². The van der Waals surface area contributed by atoms with Crippen LogP contribution in [0.25, 0.3) is 6.08 Å². The fourth-order valence-corrected chi connectivity index (χ4v) is 2.07. The lowest BCUT2D eigenvalue weighted by atomic mass is 10.2. The van der Waals surface area contributed by atoms with Gasteiger partial charge in [-0.25, -0.2) is 0 Å². The van der Waals surface area contributed by atoms with E-state index in [9.17, 15) is 14.7 Å². The highest BCUT2D eigenvalue weighted by molar-refractivity contribution is 5.98. The zero-order valence-corrected chi connectivity index (χ0v) is 14.0. The Morgan fingerprint density at radius 1 is 1.27 bits per heavy atom. The van der Waals surface area contributed by atoms with E-state index in [1.165, 1.54) is 31.4 Å². The number of nitrogens with zero attached hydrogens (tertiary/aromatic N) is 1. The number of rotatable bonds is 6. The topological polar surface area (TPSA) is 111 Å². The number of methoxy groups -OCH3 is 1. The Kier molecular flexibility index (Phi) is 6.34. The Morgan fingerprint density at radius 2 is 2.08 bits per heavy atom.